The van der Waals surface area contributed by atoms with Gasteiger partial charge in [0.15, 0.2) is 0 Å². The van der Waals surface area contributed by atoms with Crippen LogP contribution >= 0.6 is 0 Å². The van der Waals surface area contributed by atoms with Crippen molar-refractivity contribution in [2.45, 2.75) is 32.4 Å². The first-order valence-electron chi connectivity index (χ1n) is 4.38. The Morgan fingerprint density at radius 1 is 1.69 bits per heavy atom. The van der Waals surface area contributed by atoms with Gasteiger partial charge in [-0.1, -0.05) is 5.92 Å². The van der Waals surface area contributed by atoms with E-state index < -0.39 is 17.6 Å². The summed E-state index contributed by atoms with van der Waals surface area (Å²) in [7, 11) is 0. The largest absolute Gasteiger partial charge is 0.479 e. The third-order valence-electron chi connectivity index (χ3n) is 2.49. The van der Waals surface area contributed by atoms with Gasteiger partial charge in [0.1, 0.15) is 0 Å². The lowest BCUT2D eigenvalue weighted by atomic mass is 9.86. The van der Waals surface area contributed by atoms with Crippen LogP contribution in [-0.4, -0.2) is 16.7 Å². The van der Waals surface area contributed by atoms with Gasteiger partial charge in [-0.15, -0.1) is 5.92 Å². The van der Waals surface area contributed by atoms with Crippen LogP contribution < -0.4 is 0 Å². The fourth-order valence-electron chi connectivity index (χ4n) is 1.54. The predicted molar refractivity (Wildman–Crippen MR) is 46.8 cm³/mol. The molecule has 1 fully saturated rings. The number of carboxylic acid groups (broad SMARTS) is 1. The van der Waals surface area contributed by atoms with E-state index in [-0.39, 0.29) is 5.92 Å². The molecule has 0 aliphatic heterocycles. The van der Waals surface area contributed by atoms with Gasteiger partial charge in [0.05, 0.1) is 5.92 Å². The number of rotatable bonds is 3. The first-order chi connectivity index (χ1) is 6.03. The van der Waals surface area contributed by atoms with E-state index in [2.05, 4.69) is 11.8 Å². The number of hydrogen-bond donors (Lipinski definition) is 1. The highest BCUT2D eigenvalue weighted by molar-refractivity contribution is 5.79. The zero-order valence-corrected chi connectivity index (χ0v) is 7.80. The Kier molecular flexibility index (Phi) is 2.60. The van der Waals surface area contributed by atoms with Crippen molar-refractivity contribution in [2.24, 2.45) is 11.8 Å². The number of aliphatic carboxylic acids is 1. The van der Waals surface area contributed by atoms with Crippen molar-refractivity contribution in [1.29, 1.82) is 0 Å². The summed E-state index contributed by atoms with van der Waals surface area (Å²) in [4.78, 5) is 10.8. The molecule has 1 rings (SSSR count). The molecule has 0 aromatic heterocycles. The van der Waals surface area contributed by atoms with Gasteiger partial charge in [-0.05, 0) is 26.7 Å². The van der Waals surface area contributed by atoms with E-state index in [1.807, 2.05) is 0 Å². The zero-order valence-electron chi connectivity index (χ0n) is 7.80. The van der Waals surface area contributed by atoms with Gasteiger partial charge in [-0.3, -0.25) is 0 Å². The molecule has 0 saturated heterocycles. The Morgan fingerprint density at radius 2 is 2.23 bits per heavy atom. The van der Waals surface area contributed by atoms with Crippen LogP contribution in [0.1, 0.15) is 26.7 Å². The molecular formula is C10H13FO2. The molecule has 2 nitrogen and oxygen atoms in total. The van der Waals surface area contributed by atoms with Gasteiger partial charge in [-0.2, -0.15) is 0 Å². The first kappa shape index (κ1) is 10.0. The van der Waals surface area contributed by atoms with Gasteiger partial charge in [0.25, 0.3) is 0 Å². The van der Waals surface area contributed by atoms with Crippen LogP contribution in [0.5, 0.6) is 0 Å². The second-order valence-corrected chi connectivity index (χ2v) is 3.46. The van der Waals surface area contributed by atoms with Crippen molar-refractivity contribution in [2.75, 3.05) is 0 Å². The molecule has 0 radical (unpaired) electrons. The summed E-state index contributed by atoms with van der Waals surface area (Å²) < 4.78 is 14.0. The summed E-state index contributed by atoms with van der Waals surface area (Å²) >= 11 is 0. The Labute approximate surface area is 77.1 Å². The summed E-state index contributed by atoms with van der Waals surface area (Å²) in [5.74, 6) is 2.72. The van der Waals surface area contributed by atoms with Crippen LogP contribution in [0.2, 0.25) is 0 Å². The number of carbonyl (C=O) groups is 1. The summed E-state index contributed by atoms with van der Waals surface area (Å²) in [5, 5.41) is 8.80. The van der Waals surface area contributed by atoms with Gasteiger partial charge in [-0.25, -0.2) is 9.18 Å². The highest BCUT2D eigenvalue weighted by atomic mass is 19.1. The number of carboxylic acids is 1. The van der Waals surface area contributed by atoms with Crippen LogP contribution in [0.15, 0.2) is 0 Å². The quantitative estimate of drug-likeness (QED) is 0.679. The Balaban J connectivity index is 2.87. The summed E-state index contributed by atoms with van der Waals surface area (Å²) in [6.45, 7) is 3.12. The molecule has 0 aromatic rings. The van der Waals surface area contributed by atoms with Gasteiger partial charge < -0.3 is 5.11 Å². The molecule has 72 valence electrons. The van der Waals surface area contributed by atoms with E-state index in [1.54, 1.807) is 6.92 Å². The third-order valence-corrected chi connectivity index (χ3v) is 2.49. The Bertz CT molecular complexity index is 272. The Hall–Kier alpha value is -1.04. The summed E-state index contributed by atoms with van der Waals surface area (Å²) in [5.41, 5.74) is -2.14. The van der Waals surface area contributed by atoms with Gasteiger partial charge in [0, 0.05) is 5.92 Å². The molecule has 0 spiro atoms. The molecule has 1 aliphatic carbocycles. The van der Waals surface area contributed by atoms with Crippen LogP contribution in [-0.2, 0) is 4.79 Å². The highest BCUT2D eigenvalue weighted by Gasteiger charge is 2.55. The zero-order chi connectivity index (χ0) is 10.1. The van der Waals surface area contributed by atoms with Crippen LogP contribution in [0, 0.1) is 23.7 Å². The molecule has 0 heterocycles. The van der Waals surface area contributed by atoms with Crippen molar-refractivity contribution >= 4 is 5.97 Å². The van der Waals surface area contributed by atoms with Crippen LogP contribution in [0.25, 0.3) is 0 Å². The molecule has 1 saturated carbocycles. The third kappa shape index (κ3) is 1.67. The second-order valence-electron chi connectivity index (χ2n) is 3.46. The van der Waals surface area contributed by atoms with E-state index in [1.165, 1.54) is 6.92 Å². The standard InChI is InChI=1S/C10H13FO2/c1-3-4-7(2)10(11,9(12)13)8-5-6-8/h7-8H,5-6H2,1-2H3,(H,12,13). The van der Waals surface area contributed by atoms with E-state index in [4.69, 9.17) is 5.11 Å². The van der Waals surface area contributed by atoms with E-state index >= 15 is 0 Å². The van der Waals surface area contributed by atoms with Crippen molar-refractivity contribution in [3.8, 4) is 11.8 Å². The monoisotopic (exact) mass is 184 g/mol. The van der Waals surface area contributed by atoms with Crippen molar-refractivity contribution in [1.82, 2.24) is 0 Å². The lowest BCUT2D eigenvalue weighted by Crippen LogP contribution is -2.42. The van der Waals surface area contributed by atoms with Crippen LogP contribution in [0.3, 0.4) is 0 Å². The van der Waals surface area contributed by atoms with Crippen molar-refractivity contribution < 1.29 is 14.3 Å². The molecule has 0 amide bonds. The topological polar surface area (TPSA) is 37.3 Å². The Morgan fingerprint density at radius 3 is 2.54 bits per heavy atom. The normalized spacial score (nSPS) is 22.4. The fourth-order valence-corrected chi connectivity index (χ4v) is 1.54. The minimum absolute atomic E-state index is 0.333. The maximum atomic E-state index is 14.0. The lowest BCUT2D eigenvalue weighted by molar-refractivity contribution is -0.155. The van der Waals surface area contributed by atoms with E-state index in [0.717, 1.165) is 0 Å². The van der Waals surface area contributed by atoms with Crippen molar-refractivity contribution in [3.63, 3.8) is 0 Å². The van der Waals surface area contributed by atoms with Crippen LogP contribution in [0.4, 0.5) is 4.39 Å². The maximum absolute atomic E-state index is 14.0. The predicted octanol–water partition coefficient (Wildman–Crippen LogP) is 1.85. The molecular weight excluding hydrogens is 171 g/mol. The van der Waals surface area contributed by atoms with Crippen molar-refractivity contribution in [3.05, 3.63) is 0 Å². The first-order valence-corrected chi connectivity index (χ1v) is 4.38. The van der Waals surface area contributed by atoms with Gasteiger partial charge >= 0.3 is 5.97 Å². The average molecular weight is 184 g/mol. The molecule has 13 heavy (non-hydrogen) atoms. The molecule has 1 N–H and O–H groups in total. The molecule has 2 unspecified atom stereocenters. The number of alkyl halides is 1. The minimum Gasteiger partial charge on any atom is -0.479 e. The maximum Gasteiger partial charge on any atom is 0.343 e. The summed E-state index contributed by atoms with van der Waals surface area (Å²) in [6.07, 6.45) is 1.33. The highest BCUT2D eigenvalue weighted by Crippen LogP contribution is 2.46. The molecule has 2 atom stereocenters. The lowest BCUT2D eigenvalue weighted by Gasteiger charge is -2.23. The number of halogens is 1. The minimum atomic E-state index is -2.14. The molecule has 3 heteroatoms. The fraction of sp³-hybridized carbons (Fsp3) is 0.700. The van der Waals surface area contributed by atoms with Gasteiger partial charge in [0.2, 0.25) is 5.67 Å². The molecule has 0 aromatic carbocycles. The number of hydrogen-bond acceptors (Lipinski definition) is 1. The smallest absolute Gasteiger partial charge is 0.343 e. The SMILES string of the molecule is CC#CC(C)C(F)(C(=O)O)C1CC1. The summed E-state index contributed by atoms with van der Waals surface area (Å²) in [6, 6.07) is 0. The molecule has 0 bridgehead atoms. The van der Waals surface area contributed by atoms with E-state index in [9.17, 15) is 9.18 Å². The second kappa shape index (κ2) is 3.37. The van der Waals surface area contributed by atoms with E-state index in [0.29, 0.717) is 12.8 Å². The molecule has 1 aliphatic rings. The average Bonchev–Trinajstić information content (AvgIpc) is 2.85.